The molecule has 23 heavy (non-hydrogen) atoms. The van der Waals surface area contributed by atoms with E-state index in [1.807, 2.05) is 12.1 Å². The molecule has 0 saturated carbocycles. The number of hydrogen-bond acceptors (Lipinski definition) is 6. The molecular formula is C16H11ClN2O4. The summed E-state index contributed by atoms with van der Waals surface area (Å²) in [7, 11) is 0. The van der Waals surface area contributed by atoms with Gasteiger partial charge in [0.25, 0.3) is 5.89 Å². The summed E-state index contributed by atoms with van der Waals surface area (Å²) in [6, 6.07) is 12.6. The minimum atomic E-state index is 0.167. The zero-order valence-electron chi connectivity index (χ0n) is 11.9. The van der Waals surface area contributed by atoms with Crippen LogP contribution in [0.2, 0.25) is 5.02 Å². The molecule has 0 unspecified atom stereocenters. The van der Waals surface area contributed by atoms with Gasteiger partial charge in [0, 0.05) is 16.7 Å². The number of nitrogens with zero attached hydrogens (tertiary/aromatic N) is 2. The molecule has 116 valence electrons. The van der Waals surface area contributed by atoms with Gasteiger partial charge in [-0.15, -0.1) is 0 Å². The van der Waals surface area contributed by atoms with E-state index in [1.165, 1.54) is 0 Å². The highest BCUT2D eigenvalue weighted by Crippen LogP contribution is 2.35. The third-order valence-electron chi connectivity index (χ3n) is 3.28. The summed E-state index contributed by atoms with van der Waals surface area (Å²) in [4.78, 5) is 4.30. The monoisotopic (exact) mass is 330 g/mol. The Morgan fingerprint density at radius 1 is 1.04 bits per heavy atom. The maximum Gasteiger partial charge on any atom is 0.264 e. The van der Waals surface area contributed by atoms with E-state index >= 15 is 0 Å². The number of hydrogen-bond donors (Lipinski definition) is 0. The smallest absolute Gasteiger partial charge is 0.264 e. The Labute approximate surface area is 136 Å². The van der Waals surface area contributed by atoms with Crippen LogP contribution < -0.4 is 14.2 Å². The number of aromatic nitrogens is 2. The highest BCUT2D eigenvalue weighted by atomic mass is 35.5. The molecule has 2 heterocycles. The zero-order valence-corrected chi connectivity index (χ0v) is 12.6. The molecule has 6 nitrogen and oxygen atoms in total. The largest absolute Gasteiger partial charge is 0.484 e. The quantitative estimate of drug-likeness (QED) is 0.726. The molecule has 3 aromatic rings. The molecule has 0 aliphatic carbocycles. The van der Waals surface area contributed by atoms with E-state index in [1.54, 1.807) is 30.3 Å². The van der Waals surface area contributed by atoms with E-state index in [9.17, 15) is 0 Å². The summed E-state index contributed by atoms with van der Waals surface area (Å²) in [5.74, 6) is 2.88. The summed E-state index contributed by atoms with van der Waals surface area (Å²) in [5.41, 5.74) is 0.826. The van der Waals surface area contributed by atoms with E-state index in [0.29, 0.717) is 34.0 Å². The van der Waals surface area contributed by atoms with Gasteiger partial charge in [0.1, 0.15) is 5.75 Å². The zero-order chi connectivity index (χ0) is 15.6. The van der Waals surface area contributed by atoms with Crippen LogP contribution in [0.4, 0.5) is 0 Å². The van der Waals surface area contributed by atoms with Crippen molar-refractivity contribution < 1.29 is 18.7 Å². The Bertz CT molecular complexity index is 832. The van der Waals surface area contributed by atoms with Gasteiger partial charge in [0.15, 0.2) is 18.1 Å². The predicted molar refractivity (Wildman–Crippen MR) is 81.6 cm³/mol. The van der Waals surface area contributed by atoms with Crippen LogP contribution in [0.15, 0.2) is 47.0 Å². The van der Waals surface area contributed by atoms with Crippen LogP contribution in [0.1, 0.15) is 5.89 Å². The van der Waals surface area contributed by atoms with Crippen LogP contribution in [0.25, 0.3) is 11.4 Å². The van der Waals surface area contributed by atoms with Crippen LogP contribution in [0.3, 0.4) is 0 Å². The maximum absolute atomic E-state index is 5.86. The highest BCUT2D eigenvalue weighted by Gasteiger charge is 2.14. The number of ether oxygens (including phenoxy) is 3. The van der Waals surface area contributed by atoms with Crippen LogP contribution in [0, 0.1) is 0 Å². The molecule has 7 heteroatoms. The second kappa shape index (κ2) is 5.81. The highest BCUT2D eigenvalue weighted by molar-refractivity contribution is 6.30. The molecule has 1 aliphatic rings. The fourth-order valence-electron chi connectivity index (χ4n) is 2.14. The second-order valence-corrected chi connectivity index (χ2v) is 5.26. The summed E-state index contributed by atoms with van der Waals surface area (Å²) in [5, 5.41) is 4.59. The van der Waals surface area contributed by atoms with Gasteiger partial charge in [-0.2, -0.15) is 4.98 Å². The van der Waals surface area contributed by atoms with Crippen molar-refractivity contribution in [3.8, 4) is 28.6 Å². The second-order valence-electron chi connectivity index (χ2n) is 4.82. The molecule has 0 spiro atoms. The standard InChI is InChI=1S/C16H11ClN2O4/c17-11-3-1-10(2-4-11)16-18-15(23-19-16)8-20-12-5-6-13-14(7-12)22-9-21-13/h1-7H,8-9H2. The minimum Gasteiger partial charge on any atom is -0.484 e. The predicted octanol–water partition coefficient (Wildman–Crippen LogP) is 3.70. The summed E-state index contributed by atoms with van der Waals surface area (Å²) in [6.45, 7) is 0.396. The average molecular weight is 331 g/mol. The van der Waals surface area contributed by atoms with Crippen molar-refractivity contribution in [2.45, 2.75) is 6.61 Å². The van der Waals surface area contributed by atoms with E-state index < -0.39 is 0 Å². The SMILES string of the molecule is Clc1ccc(-c2noc(COc3ccc4c(c3)OCO4)n2)cc1. The molecule has 1 aliphatic heterocycles. The van der Waals surface area contributed by atoms with Crippen molar-refractivity contribution in [2.24, 2.45) is 0 Å². The van der Waals surface area contributed by atoms with Crippen molar-refractivity contribution in [3.63, 3.8) is 0 Å². The first-order valence-corrected chi connectivity index (χ1v) is 7.27. The molecule has 4 rings (SSSR count). The lowest BCUT2D eigenvalue weighted by Gasteiger charge is -2.03. The van der Waals surface area contributed by atoms with Crippen LogP contribution in [-0.2, 0) is 6.61 Å². The first-order chi connectivity index (χ1) is 11.3. The molecule has 0 N–H and O–H groups in total. The molecule has 0 bridgehead atoms. The molecule has 0 amide bonds. The third-order valence-corrected chi connectivity index (χ3v) is 3.53. The number of halogens is 1. The fraction of sp³-hybridized carbons (Fsp3) is 0.125. The molecule has 1 aromatic heterocycles. The van der Waals surface area contributed by atoms with Crippen LogP contribution >= 0.6 is 11.6 Å². The fourth-order valence-corrected chi connectivity index (χ4v) is 2.27. The molecule has 0 fully saturated rings. The first kappa shape index (κ1) is 13.9. The summed E-state index contributed by atoms with van der Waals surface area (Å²) < 4.78 is 21.4. The van der Waals surface area contributed by atoms with Gasteiger partial charge in [-0.1, -0.05) is 16.8 Å². The summed E-state index contributed by atoms with van der Waals surface area (Å²) >= 11 is 5.86. The number of benzene rings is 2. The van der Waals surface area contributed by atoms with Crippen molar-refractivity contribution in [2.75, 3.05) is 6.79 Å². The van der Waals surface area contributed by atoms with Crippen molar-refractivity contribution >= 4 is 11.6 Å². The number of fused-ring (bicyclic) bond motifs is 1. The Kier molecular flexibility index (Phi) is 3.51. The van der Waals surface area contributed by atoms with Gasteiger partial charge in [-0.05, 0) is 36.4 Å². The van der Waals surface area contributed by atoms with Crippen molar-refractivity contribution in [1.82, 2.24) is 10.1 Å². The van der Waals surface area contributed by atoms with E-state index in [4.69, 9.17) is 30.3 Å². The Balaban J connectivity index is 1.44. The normalized spacial score (nSPS) is 12.4. The maximum atomic E-state index is 5.86. The third kappa shape index (κ3) is 2.93. The van der Waals surface area contributed by atoms with E-state index in [-0.39, 0.29) is 13.4 Å². The first-order valence-electron chi connectivity index (χ1n) is 6.89. The lowest BCUT2D eigenvalue weighted by Crippen LogP contribution is -1.95. The lowest BCUT2D eigenvalue weighted by atomic mass is 10.2. The van der Waals surface area contributed by atoms with Gasteiger partial charge >= 0.3 is 0 Å². The van der Waals surface area contributed by atoms with E-state index in [2.05, 4.69) is 10.1 Å². The van der Waals surface area contributed by atoms with Gasteiger partial charge in [-0.3, -0.25) is 0 Å². The van der Waals surface area contributed by atoms with Crippen molar-refractivity contribution in [3.05, 3.63) is 53.4 Å². The molecule has 0 saturated heterocycles. The Morgan fingerprint density at radius 3 is 2.74 bits per heavy atom. The minimum absolute atomic E-state index is 0.167. The van der Waals surface area contributed by atoms with Crippen LogP contribution in [-0.4, -0.2) is 16.9 Å². The van der Waals surface area contributed by atoms with Gasteiger partial charge in [0.2, 0.25) is 12.6 Å². The van der Waals surface area contributed by atoms with E-state index in [0.717, 1.165) is 5.56 Å². The molecular weight excluding hydrogens is 320 g/mol. The van der Waals surface area contributed by atoms with Gasteiger partial charge in [0.05, 0.1) is 0 Å². The Hall–Kier alpha value is -2.73. The Morgan fingerprint density at radius 2 is 1.87 bits per heavy atom. The van der Waals surface area contributed by atoms with Crippen LogP contribution in [0.5, 0.6) is 17.2 Å². The molecule has 0 radical (unpaired) electrons. The van der Waals surface area contributed by atoms with Crippen molar-refractivity contribution in [1.29, 1.82) is 0 Å². The van der Waals surface area contributed by atoms with Gasteiger partial charge in [-0.25, -0.2) is 0 Å². The molecule has 2 aromatic carbocycles. The van der Waals surface area contributed by atoms with Gasteiger partial charge < -0.3 is 18.7 Å². The molecule has 0 atom stereocenters. The lowest BCUT2D eigenvalue weighted by molar-refractivity contribution is 0.173. The average Bonchev–Trinajstić information content (AvgIpc) is 3.22. The summed E-state index contributed by atoms with van der Waals surface area (Å²) in [6.07, 6.45) is 0. The number of rotatable bonds is 4. The topological polar surface area (TPSA) is 66.6 Å².